The molecule has 216 valence electrons. The van der Waals surface area contributed by atoms with E-state index in [0.29, 0.717) is 25.2 Å². The Hall–Kier alpha value is -3.75. The van der Waals surface area contributed by atoms with E-state index >= 15 is 0 Å². The highest BCUT2D eigenvalue weighted by atomic mass is 32.1. The number of carbonyl (C=O) groups is 1. The van der Waals surface area contributed by atoms with Crippen LogP contribution in [0.15, 0.2) is 72.2 Å². The highest BCUT2D eigenvalue weighted by Crippen LogP contribution is 2.28. The number of carbonyl (C=O) groups excluding carboxylic acids is 1. The van der Waals surface area contributed by atoms with Crippen molar-refractivity contribution in [3.8, 4) is 11.5 Å². The van der Waals surface area contributed by atoms with Gasteiger partial charge in [0.1, 0.15) is 10.7 Å². The van der Waals surface area contributed by atoms with Crippen LogP contribution in [0.4, 0.5) is 0 Å². The van der Waals surface area contributed by atoms with Gasteiger partial charge in [0.25, 0.3) is 5.91 Å². The number of thiazole rings is 1. The number of ether oxygens (including phenoxy) is 2. The summed E-state index contributed by atoms with van der Waals surface area (Å²) in [5.41, 5.74) is 5.25. The maximum absolute atomic E-state index is 12.7. The zero-order chi connectivity index (χ0) is 29.2. The zero-order valence-corrected chi connectivity index (χ0v) is 25.5. The van der Waals surface area contributed by atoms with Gasteiger partial charge in [-0.15, -0.1) is 11.3 Å². The van der Waals surface area contributed by atoms with Gasteiger partial charge in [0.05, 0.1) is 20.8 Å². The van der Waals surface area contributed by atoms with E-state index < -0.39 is 0 Å². The van der Waals surface area contributed by atoms with Gasteiger partial charge in [-0.2, -0.15) is 0 Å². The van der Waals surface area contributed by atoms with Crippen LogP contribution in [0.3, 0.4) is 0 Å². The van der Waals surface area contributed by atoms with Crippen molar-refractivity contribution in [1.29, 1.82) is 0 Å². The van der Waals surface area contributed by atoms with Gasteiger partial charge in [-0.1, -0.05) is 57.2 Å². The first-order valence-corrected chi connectivity index (χ1v) is 14.8. The molecule has 8 heteroatoms. The number of rotatable bonds is 13. The number of pyridine rings is 1. The summed E-state index contributed by atoms with van der Waals surface area (Å²) in [7, 11) is 3.30. The van der Waals surface area contributed by atoms with Crippen LogP contribution in [-0.2, 0) is 31.3 Å². The third-order valence-corrected chi connectivity index (χ3v) is 7.76. The van der Waals surface area contributed by atoms with Crippen molar-refractivity contribution < 1.29 is 14.3 Å². The maximum atomic E-state index is 12.7. The second-order valence-electron chi connectivity index (χ2n) is 11.1. The lowest BCUT2D eigenvalue weighted by Crippen LogP contribution is -2.27. The molecule has 0 aliphatic heterocycles. The van der Waals surface area contributed by atoms with E-state index in [2.05, 4.69) is 71.3 Å². The minimum Gasteiger partial charge on any atom is -0.493 e. The van der Waals surface area contributed by atoms with Crippen LogP contribution in [0.2, 0.25) is 0 Å². The second-order valence-corrected chi connectivity index (χ2v) is 12.0. The topological polar surface area (TPSA) is 76.6 Å². The van der Waals surface area contributed by atoms with Gasteiger partial charge in [-0.25, -0.2) is 4.98 Å². The van der Waals surface area contributed by atoms with Crippen LogP contribution in [0.1, 0.15) is 58.7 Å². The highest BCUT2D eigenvalue weighted by Gasteiger charge is 2.16. The first kappa shape index (κ1) is 30.2. The molecule has 4 rings (SSSR count). The summed E-state index contributed by atoms with van der Waals surface area (Å²) in [5.74, 6) is 1.30. The Balaban J connectivity index is 1.43. The van der Waals surface area contributed by atoms with Gasteiger partial charge >= 0.3 is 0 Å². The highest BCUT2D eigenvalue weighted by molar-refractivity contribution is 7.09. The molecule has 4 aromatic rings. The van der Waals surface area contributed by atoms with Crippen molar-refractivity contribution in [2.24, 2.45) is 0 Å². The predicted octanol–water partition coefficient (Wildman–Crippen LogP) is 6.07. The molecule has 2 heterocycles. The van der Waals surface area contributed by atoms with Crippen LogP contribution in [0.5, 0.6) is 11.5 Å². The Labute approximate surface area is 247 Å². The molecule has 2 aromatic carbocycles. The largest absolute Gasteiger partial charge is 0.493 e. The maximum Gasteiger partial charge on any atom is 0.270 e. The lowest BCUT2D eigenvalue weighted by Gasteiger charge is -2.23. The number of benzene rings is 2. The van der Waals surface area contributed by atoms with E-state index in [0.717, 1.165) is 41.7 Å². The third kappa shape index (κ3) is 8.87. The smallest absolute Gasteiger partial charge is 0.270 e. The van der Waals surface area contributed by atoms with E-state index in [1.54, 1.807) is 20.4 Å². The van der Waals surface area contributed by atoms with Gasteiger partial charge < -0.3 is 14.8 Å². The van der Waals surface area contributed by atoms with Gasteiger partial charge in [0.2, 0.25) is 0 Å². The lowest BCUT2D eigenvalue weighted by atomic mass is 9.87. The van der Waals surface area contributed by atoms with Gasteiger partial charge in [-0.05, 0) is 52.8 Å². The molecular weight excluding hydrogens is 532 g/mol. The molecule has 7 nitrogen and oxygen atoms in total. The summed E-state index contributed by atoms with van der Waals surface area (Å²) in [5, 5.41) is 5.73. The molecule has 1 amide bonds. The summed E-state index contributed by atoms with van der Waals surface area (Å²) in [4.78, 5) is 24.1. The fraction of sp³-hybridized carbons (Fsp3) is 0.364. The van der Waals surface area contributed by atoms with Crippen LogP contribution in [-0.4, -0.2) is 48.1 Å². The number of hydrogen-bond acceptors (Lipinski definition) is 7. The normalized spacial score (nSPS) is 11.5. The number of aromatic nitrogens is 2. The molecule has 0 spiro atoms. The Morgan fingerprint density at radius 2 is 1.68 bits per heavy atom. The van der Waals surface area contributed by atoms with Crippen molar-refractivity contribution in [2.45, 2.75) is 52.1 Å². The lowest BCUT2D eigenvalue weighted by molar-refractivity contribution is 0.0949. The zero-order valence-electron chi connectivity index (χ0n) is 24.6. The van der Waals surface area contributed by atoms with Crippen molar-refractivity contribution in [3.05, 3.63) is 105 Å². The summed E-state index contributed by atoms with van der Waals surface area (Å²) in [6, 6.07) is 20.7. The molecule has 0 aliphatic carbocycles. The summed E-state index contributed by atoms with van der Waals surface area (Å²) >= 11 is 1.52. The molecule has 41 heavy (non-hydrogen) atoms. The van der Waals surface area contributed by atoms with E-state index in [4.69, 9.17) is 9.47 Å². The number of methoxy groups -OCH3 is 2. The van der Waals surface area contributed by atoms with Crippen LogP contribution in [0.25, 0.3) is 0 Å². The molecule has 0 unspecified atom stereocenters. The van der Waals surface area contributed by atoms with E-state index in [-0.39, 0.29) is 11.3 Å². The van der Waals surface area contributed by atoms with Crippen molar-refractivity contribution in [1.82, 2.24) is 20.2 Å². The minimum absolute atomic E-state index is 0.112. The molecule has 0 bridgehead atoms. The minimum atomic E-state index is -0.155. The van der Waals surface area contributed by atoms with E-state index in [1.165, 1.54) is 28.0 Å². The Morgan fingerprint density at radius 3 is 2.37 bits per heavy atom. The van der Waals surface area contributed by atoms with Gasteiger partial charge in [-0.3, -0.25) is 14.7 Å². The molecule has 0 saturated carbocycles. The SMILES string of the molecule is COc1ccc(CCN(Cc2ccc(C(C)(C)C)cc2)Cc2nc(C(=O)NCCc3ccccn3)cs2)cc1OC. The Kier molecular flexibility index (Phi) is 10.5. The molecule has 0 saturated heterocycles. The first-order valence-electron chi connectivity index (χ1n) is 13.9. The molecule has 0 radical (unpaired) electrons. The van der Waals surface area contributed by atoms with Crippen LogP contribution >= 0.6 is 11.3 Å². The number of amides is 1. The molecule has 0 aliphatic rings. The fourth-order valence-corrected chi connectivity index (χ4v) is 5.34. The van der Waals surface area contributed by atoms with Crippen LogP contribution in [0, 0.1) is 0 Å². The Morgan fingerprint density at radius 1 is 0.927 bits per heavy atom. The third-order valence-electron chi connectivity index (χ3n) is 6.93. The van der Waals surface area contributed by atoms with Gasteiger partial charge in [0.15, 0.2) is 11.5 Å². The number of nitrogens with one attached hydrogen (secondary N) is 1. The standard InChI is InChI=1S/C33H40N4O3S/c1-33(2,3)26-12-9-25(10-13-26)21-37(19-16-24-11-14-29(39-4)30(20-24)40-5)22-31-36-28(23-41-31)32(38)35-18-15-27-8-6-7-17-34-27/h6-14,17,20,23H,15-16,18-19,21-22H2,1-5H3,(H,35,38). The molecule has 2 aromatic heterocycles. The van der Waals surface area contributed by atoms with Crippen molar-refractivity contribution >= 4 is 17.2 Å². The molecular formula is C33H40N4O3S. The average molecular weight is 573 g/mol. The Bertz CT molecular complexity index is 1400. The van der Waals surface area contributed by atoms with E-state index in [9.17, 15) is 4.79 Å². The number of hydrogen-bond donors (Lipinski definition) is 1. The summed E-state index contributed by atoms with van der Waals surface area (Å²) in [6.07, 6.45) is 3.29. The van der Waals surface area contributed by atoms with Crippen molar-refractivity contribution in [2.75, 3.05) is 27.3 Å². The quantitative estimate of drug-likeness (QED) is 0.210. The van der Waals surface area contributed by atoms with E-state index in [1.807, 2.05) is 35.7 Å². The fourth-order valence-electron chi connectivity index (χ4n) is 4.53. The monoisotopic (exact) mass is 572 g/mol. The predicted molar refractivity (Wildman–Crippen MR) is 165 cm³/mol. The second kappa shape index (κ2) is 14.2. The van der Waals surface area contributed by atoms with Crippen molar-refractivity contribution in [3.63, 3.8) is 0 Å². The van der Waals surface area contributed by atoms with Crippen LogP contribution < -0.4 is 14.8 Å². The molecule has 0 atom stereocenters. The molecule has 1 N–H and O–H groups in total. The number of nitrogens with zero attached hydrogens (tertiary/aromatic N) is 3. The summed E-state index contributed by atoms with van der Waals surface area (Å²) < 4.78 is 10.9. The van der Waals surface area contributed by atoms with Gasteiger partial charge in [0, 0.05) is 43.3 Å². The average Bonchev–Trinajstić information content (AvgIpc) is 3.44. The first-order chi connectivity index (χ1) is 19.7. The summed E-state index contributed by atoms with van der Waals surface area (Å²) in [6.45, 7) is 9.46. The molecule has 0 fully saturated rings.